The molecule has 1 heterocycles. The Morgan fingerprint density at radius 3 is 2.40 bits per heavy atom. The standard InChI is InChI=1S/C19H25N3O3/c1-4-16(5-2)22-14(3)11-17(20-22)19(25)21(13-18(23)24)12-15-9-7-6-8-10-15/h6-11,16H,4-5,12-13H2,1-3H3,(H,23,24). The molecule has 0 atom stereocenters. The highest BCUT2D eigenvalue weighted by Gasteiger charge is 2.23. The zero-order chi connectivity index (χ0) is 18.4. The van der Waals surface area contributed by atoms with Gasteiger partial charge in [0, 0.05) is 12.2 Å². The van der Waals surface area contributed by atoms with Gasteiger partial charge in [-0.2, -0.15) is 5.10 Å². The van der Waals surface area contributed by atoms with Crippen LogP contribution < -0.4 is 0 Å². The van der Waals surface area contributed by atoms with Crippen LogP contribution in [0.2, 0.25) is 0 Å². The molecule has 0 bridgehead atoms. The van der Waals surface area contributed by atoms with Crippen molar-refractivity contribution in [2.75, 3.05) is 6.54 Å². The SMILES string of the molecule is CCC(CC)n1nc(C(=O)N(CC(=O)O)Cc2ccccc2)cc1C. The number of hydrogen-bond acceptors (Lipinski definition) is 3. The van der Waals surface area contributed by atoms with E-state index in [0.717, 1.165) is 24.1 Å². The number of carboxylic acids is 1. The number of rotatable bonds is 8. The third kappa shape index (κ3) is 4.68. The van der Waals surface area contributed by atoms with Crippen LogP contribution in [0.4, 0.5) is 0 Å². The van der Waals surface area contributed by atoms with Gasteiger partial charge in [-0.1, -0.05) is 44.2 Å². The molecule has 0 fully saturated rings. The molecule has 0 radical (unpaired) electrons. The van der Waals surface area contributed by atoms with Crippen LogP contribution in [0.15, 0.2) is 36.4 Å². The molecule has 1 aromatic heterocycles. The Kier molecular flexibility index (Phi) is 6.33. The molecule has 6 nitrogen and oxygen atoms in total. The number of carbonyl (C=O) groups excluding carboxylic acids is 1. The summed E-state index contributed by atoms with van der Waals surface area (Å²) in [6.45, 7) is 5.97. The lowest BCUT2D eigenvalue weighted by atomic mass is 10.2. The fourth-order valence-electron chi connectivity index (χ4n) is 2.93. The minimum absolute atomic E-state index is 0.239. The van der Waals surface area contributed by atoms with Gasteiger partial charge in [0.1, 0.15) is 6.54 Å². The molecule has 25 heavy (non-hydrogen) atoms. The van der Waals surface area contributed by atoms with E-state index in [2.05, 4.69) is 18.9 Å². The number of nitrogens with zero attached hydrogens (tertiary/aromatic N) is 3. The van der Waals surface area contributed by atoms with E-state index in [1.807, 2.05) is 41.9 Å². The molecule has 1 aromatic carbocycles. The van der Waals surface area contributed by atoms with Gasteiger partial charge in [-0.15, -0.1) is 0 Å². The van der Waals surface area contributed by atoms with Gasteiger partial charge in [-0.3, -0.25) is 14.3 Å². The van der Waals surface area contributed by atoms with Crippen LogP contribution in [0, 0.1) is 6.92 Å². The number of carbonyl (C=O) groups is 2. The lowest BCUT2D eigenvalue weighted by molar-refractivity contribution is -0.137. The number of aliphatic carboxylic acids is 1. The Balaban J connectivity index is 2.27. The van der Waals surface area contributed by atoms with Crippen molar-refractivity contribution in [3.05, 3.63) is 53.3 Å². The van der Waals surface area contributed by atoms with Crippen molar-refractivity contribution in [3.63, 3.8) is 0 Å². The van der Waals surface area contributed by atoms with Crippen molar-refractivity contribution in [2.45, 2.75) is 46.2 Å². The third-order valence-corrected chi connectivity index (χ3v) is 4.26. The van der Waals surface area contributed by atoms with Crippen LogP contribution in [0.1, 0.15) is 54.5 Å². The zero-order valence-electron chi connectivity index (χ0n) is 15.0. The largest absolute Gasteiger partial charge is 0.480 e. The number of benzene rings is 1. The number of amides is 1. The smallest absolute Gasteiger partial charge is 0.323 e. The Labute approximate surface area is 148 Å². The summed E-state index contributed by atoms with van der Waals surface area (Å²) in [6.07, 6.45) is 1.85. The molecule has 0 spiro atoms. The third-order valence-electron chi connectivity index (χ3n) is 4.26. The van der Waals surface area contributed by atoms with Crippen LogP contribution in [0.3, 0.4) is 0 Å². The fraction of sp³-hybridized carbons (Fsp3) is 0.421. The van der Waals surface area contributed by atoms with Crippen LogP contribution in [-0.2, 0) is 11.3 Å². The molecule has 6 heteroatoms. The van der Waals surface area contributed by atoms with Crippen molar-refractivity contribution >= 4 is 11.9 Å². The van der Waals surface area contributed by atoms with Gasteiger partial charge in [0.25, 0.3) is 5.91 Å². The monoisotopic (exact) mass is 343 g/mol. The van der Waals surface area contributed by atoms with Gasteiger partial charge < -0.3 is 10.0 Å². The first-order valence-corrected chi connectivity index (χ1v) is 8.57. The second-order valence-electron chi connectivity index (χ2n) is 6.13. The maximum Gasteiger partial charge on any atom is 0.323 e. The lowest BCUT2D eigenvalue weighted by Crippen LogP contribution is -2.35. The first-order valence-electron chi connectivity index (χ1n) is 8.57. The molecule has 0 unspecified atom stereocenters. The molecule has 0 saturated heterocycles. The highest BCUT2D eigenvalue weighted by molar-refractivity contribution is 5.94. The highest BCUT2D eigenvalue weighted by Crippen LogP contribution is 2.19. The minimum atomic E-state index is -1.04. The number of aryl methyl sites for hydroxylation is 1. The van der Waals surface area contributed by atoms with Crippen molar-refractivity contribution < 1.29 is 14.7 Å². The van der Waals surface area contributed by atoms with Crippen molar-refractivity contribution in [3.8, 4) is 0 Å². The lowest BCUT2D eigenvalue weighted by Gasteiger charge is -2.20. The van der Waals surface area contributed by atoms with E-state index in [4.69, 9.17) is 5.11 Å². The number of hydrogen-bond donors (Lipinski definition) is 1. The van der Waals surface area contributed by atoms with Gasteiger partial charge in [-0.25, -0.2) is 0 Å². The Morgan fingerprint density at radius 2 is 1.84 bits per heavy atom. The van der Waals surface area contributed by atoms with Crippen LogP contribution in [0.25, 0.3) is 0 Å². The predicted octanol–water partition coefficient (Wildman–Crippen LogP) is 3.28. The second kappa shape index (κ2) is 8.46. The molecular formula is C19H25N3O3. The maximum atomic E-state index is 12.8. The van der Waals surface area contributed by atoms with E-state index in [1.165, 1.54) is 4.90 Å². The molecule has 1 amide bonds. The summed E-state index contributed by atoms with van der Waals surface area (Å²) in [6, 6.07) is 11.3. The van der Waals surface area contributed by atoms with Crippen molar-refractivity contribution in [1.29, 1.82) is 0 Å². The minimum Gasteiger partial charge on any atom is -0.480 e. The van der Waals surface area contributed by atoms with Gasteiger partial charge in [0.05, 0.1) is 6.04 Å². The number of aromatic nitrogens is 2. The highest BCUT2D eigenvalue weighted by atomic mass is 16.4. The molecule has 0 aliphatic rings. The van der Waals surface area contributed by atoms with E-state index in [1.54, 1.807) is 6.07 Å². The van der Waals surface area contributed by atoms with Crippen LogP contribution in [-0.4, -0.2) is 38.2 Å². The van der Waals surface area contributed by atoms with E-state index in [0.29, 0.717) is 5.69 Å². The molecule has 1 N–H and O–H groups in total. The summed E-state index contributed by atoms with van der Waals surface area (Å²) in [5.74, 6) is -1.40. The molecule has 0 saturated carbocycles. The quantitative estimate of drug-likeness (QED) is 0.798. The summed E-state index contributed by atoms with van der Waals surface area (Å²) in [5, 5.41) is 13.6. The van der Waals surface area contributed by atoms with Gasteiger partial charge in [-0.05, 0) is 31.4 Å². The number of carboxylic acid groups (broad SMARTS) is 1. The summed E-state index contributed by atoms with van der Waals surface area (Å²) in [4.78, 5) is 25.3. The van der Waals surface area contributed by atoms with Gasteiger partial charge in [0.2, 0.25) is 0 Å². The Morgan fingerprint density at radius 1 is 1.20 bits per heavy atom. The average molecular weight is 343 g/mol. The molecule has 0 aliphatic heterocycles. The van der Waals surface area contributed by atoms with Crippen LogP contribution >= 0.6 is 0 Å². The second-order valence-corrected chi connectivity index (χ2v) is 6.13. The van der Waals surface area contributed by atoms with Crippen molar-refractivity contribution in [1.82, 2.24) is 14.7 Å². The molecular weight excluding hydrogens is 318 g/mol. The van der Waals surface area contributed by atoms with E-state index in [9.17, 15) is 9.59 Å². The van der Waals surface area contributed by atoms with E-state index in [-0.39, 0.29) is 25.0 Å². The first-order chi connectivity index (χ1) is 12.0. The fourth-order valence-corrected chi connectivity index (χ4v) is 2.93. The van der Waals surface area contributed by atoms with E-state index >= 15 is 0 Å². The summed E-state index contributed by atoms with van der Waals surface area (Å²) < 4.78 is 1.87. The zero-order valence-corrected chi connectivity index (χ0v) is 15.0. The van der Waals surface area contributed by atoms with Crippen molar-refractivity contribution in [2.24, 2.45) is 0 Å². The maximum absolute atomic E-state index is 12.8. The molecule has 134 valence electrons. The average Bonchev–Trinajstić information content (AvgIpc) is 2.97. The molecule has 2 rings (SSSR count). The predicted molar refractivity (Wildman–Crippen MR) is 95.4 cm³/mol. The van der Waals surface area contributed by atoms with Gasteiger partial charge in [0.15, 0.2) is 5.69 Å². The van der Waals surface area contributed by atoms with Gasteiger partial charge >= 0.3 is 5.97 Å². The summed E-state index contributed by atoms with van der Waals surface area (Å²) >= 11 is 0. The van der Waals surface area contributed by atoms with E-state index < -0.39 is 5.97 Å². The first kappa shape index (κ1) is 18.7. The van der Waals surface area contributed by atoms with Crippen LogP contribution in [0.5, 0.6) is 0 Å². The molecule has 2 aromatic rings. The molecule has 0 aliphatic carbocycles. The topological polar surface area (TPSA) is 75.4 Å². The normalized spacial score (nSPS) is 10.9. The Hall–Kier alpha value is -2.63. The summed E-state index contributed by atoms with van der Waals surface area (Å²) in [5.41, 5.74) is 2.09. The summed E-state index contributed by atoms with van der Waals surface area (Å²) in [7, 11) is 0. The Bertz CT molecular complexity index is 721.